The molecule has 0 heterocycles. The number of aliphatic hydroxyl groups is 1. The Balaban J connectivity index is 1.87. The zero-order valence-corrected chi connectivity index (χ0v) is 12.7. The van der Waals surface area contributed by atoms with Gasteiger partial charge in [-0.3, -0.25) is 0 Å². The van der Waals surface area contributed by atoms with Crippen LogP contribution in [0.2, 0.25) is 0 Å². The van der Waals surface area contributed by atoms with Gasteiger partial charge in [0.05, 0.1) is 6.10 Å². The van der Waals surface area contributed by atoms with E-state index in [2.05, 4.69) is 36.5 Å². The highest BCUT2D eigenvalue weighted by Gasteiger charge is 2.00. The fourth-order valence-corrected chi connectivity index (χ4v) is 2.02. The van der Waals surface area contributed by atoms with Crippen molar-refractivity contribution in [3.63, 3.8) is 0 Å². The first-order valence-corrected chi connectivity index (χ1v) is 7.29. The molecule has 0 aliphatic carbocycles. The Hall–Kier alpha value is -1.84. The molecule has 3 nitrogen and oxygen atoms in total. The summed E-state index contributed by atoms with van der Waals surface area (Å²) in [4.78, 5) is 0. The van der Waals surface area contributed by atoms with Crippen LogP contribution in [0.25, 0.3) is 0 Å². The normalized spacial score (nSPS) is 12.1. The van der Waals surface area contributed by atoms with E-state index in [0.29, 0.717) is 13.2 Å². The van der Waals surface area contributed by atoms with Gasteiger partial charge in [-0.05, 0) is 37.1 Å². The molecule has 0 bridgehead atoms. The van der Waals surface area contributed by atoms with Crippen LogP contribution in [0.15, 0.2) is 48.5 Å². The van der Waals surface area contributed by atoms with Crippen LogP contribution in [0, 0.1) is 6.92 Å². The van der Waals surface area contributed by atoms with Gasteiger partial charge in [-0.1, -0.05) is 42.0 Å². The van der Waals surface area contributed by atoms with Crippen molar-refractivity contribution in [3.8, 4) is 5.75 Å². The van der Waals surface area contributed by atoms with Gasteiger partial charge in [0.25, 0.3) is 0 Å². The SMILES string of the molecule is Cc1ccc(COc2cccc(CNC[C@H](C)O)c2)cc1. The van der Waals surface area contributed by atoms with E-state index in [0.717, 1.165) is 17.9 Å². The van der Waals surface area contributed by atoms with Crippen LogP contribution < -0.4 is 10.1 Å². The first kappa shape index (κ1) is 15.5. The molecule has 0 aromatic heterocycles. The second kappa shape index (κ2) is 7.81. The van der Waals surface area contributed by atoms with Crippen molar-refractivity contribution in [1.82, 2.24) is 5.32 Å². The molecule has 2 N–H and O–H groups in total. The van der Waals surface area contributed by atoms with Crippen molar-refractivity contribution in [2.45, 2.75) is 33.1 Å². The van der Waals surface area contributed by atoms with Gasteiger partial charge in [0.1, 0.15) is 12.4 Å². The molecule has 112 valence electrons. The third-order valence-electron chi connectivity index (χ3n) is 3.19. The predicted molar refractivity (Wildman–Crippen MR) is 85.3 cm³/mol. The molecule has 2 aromatic rings. The highest BCUT2D eigenvalue weighted by molar-refractivity contribution is 5.29. The summed E-state index contributed by atoms with van der Waals surface area (Å²) in [7, 11) is 0. The molecule has 0 aliphatic heterocycles. The molecule has 3 heteroatoms. The maximum absolute atomic E-state index is 9.23. The number of hydrogen-bond donors (Lipinski definition) is 2. The largest absolute Gasteiger partial charge is 0.489 e. The van der Waals surface area contributed by atoms with E-state index in [1.165, 1.54) is 11.1 Å². The summed E-state index contributed by atoms with van der Waals surface area (Å²) in [5.41, 5.74) is 3.57. The summed E-state index contributed by atoms with van der Waals surface area (Å²) in [5, 5.41) is 12.4. The molecule has 0 amide bonds. The van der Waals surface area contributed by atoms with Crippen molar-refractivity contribution < 1.29 is 9.84 Å². The molecular weight excluding hydrogens is 262 g/mol. The van der Waals surface area contributed by atoms with Gasteiger partial charge in [0, 0.05) is 13.1 Å². The Kier molecular flexibility index (Phi) is 5.78. The van der Waals surface area contributed by atoms with Crippen LogP contribution in [-0.2, 0) is 13.2 Å². The van der Waals surface area contributed by atoms with Crippen LogP contribution in [0.4, 0.5) is 0 Å². The maximum atomic E-state index is 9.23. The lowest BCUT2D eigenvalue weighted by molar-refractivity contribution is 0.191. The number of nitrogens with one attached hydrogen (secondary N) is 1. The maximum Gasteiger partial charge on any atom is 0.120 e. The molecule has 1 atom stereocenters. The number of hydrogen-bond acceptors (Lipinski definition) is 3. The molecule has 0 radical (unpaired) electrons. The van der Waals surface area contributed by atoms with E-state index in [9.17, 15) is 5.11 Å². The average Bonchev–Trinajstić information content (AvgIpc) is 2.47. The van der Waals surface area contributed by atoms with Crippen LogP contribution in [0.1, 0.15) is 23.6 Å². The minimum atomic E-state index is -0.328. The molecule has 0 saturated carbocycles. The zero-order valence-electron chi connectivity index (χ0n) is 12.7. The topological polar surface area (TPSA) is 41.5 Å². The molecule has 21 heavy (non-hydrogen) atoms. The Morgan fingerprint density at radius 2 is 1.86 bits per heavy atom. The second-order valence-electron chi connectivity index (χ2n) is 5.40. The van der Waals surface area contributed by atoms with E-state index < -0.39 is 0 Å². The van der Waals surface area contributed by atoms with Gasteiger partial charge in [-0.15, -0.1) is 0 Å². The van der Waals surface area contributed by atoms with E-state index in [1.807, 2.05) is 24.3 Å². The molecule has 0 fully saturated rings. The Morgan fingerprint density at radius 1 is 1.10 bits per heavy atom. The smallest absolute Gasteiger partial charge is 0.120 e. The first-order valence-electron chi connectivity index (χ1n) is 7.29. The van der Waals surface area contributed by atoms with Crippen molar-refractivity contribution in [3.05, 3.63) is 65.2 Å². The number of benzene rings is 2. The Morgan fingerprint density at radius 3 is 2.57 bits per heavy atom. The molecule has 0 aliphatic rings. The lowest BCUT2D eigenvalue weighted by Gasteiger charge is -2.10. The predicted octanol–water partition coefficient (Wildman–Crippen LogP) is 3.04. The van der Waals surface area contributed by atoms with Crippen molar-refractivity contribution in [1.29, 1.82) is 0 Å². The van der Waals surface area contributed by atoms with Crippen molar-refractivity contribution in [2.75, 3.05) is 6.54 Å². The number of aliphatic hydroxyl groups excluding tert-OH is 1. The number of rotatable bonds is 7. The minimum Gasteiger partial charge on any atom is -0.489 e. The van der Waals surface area contributed by atoms with E-state index in [4.69, 9.17) is 4.74 Å². The standard InChI is InChI=1S/C18H23NO2/c1-14-6-8-16(9-7-14)13-21-18-5-3-4-17(10-18)12-19-11-15(2)20/h3-10,15,19-20H,11-13H2,1-2H3/t15-/m0/s1. The van der Waals surface area contributed by atoms with Gasteiger partial charge in [0.15, 0.2) is 0 Å². The third-order valence-corrected chi connectivity index (χ3v) is 3.19. The van der Waals surface area contributed by atoms with Crippen molar-refractivity contribution >= 4 is 0 Å². The van der Waals surface area contributed by atoms with Crippen LogP contribution in [0.5, 0.6) is 5.75 Å². The number of ether oxygens (including phenoxy) is 1. The summed E-state index contributed by atoms with van der Waals surface area (Å²) in [6.07, 6.45) is -0.328. The fraction of sp³-hybridized carbons (Fsp3) is 0.333. The highest BCUT2D eigenvalue weighted by Crippen LogP contribution is 2.15. The van der Waals surface area contributed by atoms with E-state index in [1.54, 1.807) is 6.92 Å². The lowest BCUT2D eigenvalue weighted by atomic mass is 10.2. The summed E-state index contributed by atoms with van der Waals surface area (Å²) in [5.74, 6) is 0.868. The summed E-state index contributed by atoms with van der Waals surface area (Å²) in [6, 6.07) is 16.4. The van der Waals surface area contributed by atoms with Crippen molar-refractivity contribution in [2.24, 2.45) is 0 Å². The van der Waals surface area contributed by atoms with Gasteiger partial charge in [0.2, 0.25) is 0 Å². The first-order chi connectivity index (χ1) is 10.1. The fourth-order valence-electron chi connectivity index (χ4n) is 2.02. The Labute approximate surface area is 126 Å². The van der Waals surface area contributed by atoms with Gasteiger partial charge in [-0.2, -0.15) is 0 Å². The quantitative estimate of drug-likeness (QED) is 0.821. The van der Waals surface area contributed by atoms with Gasteiger partial charge >= 0.3 is 0 Å². The van der Waals surface area contributed by atoms with E-state index in [-0.39, 0.29) is 6.10 Å². The summed E-state index contributed by atoms with van der Waals surface area (Å²) in [6.45, 7) is 5.74. The second-order valence-corrected chi connectivity index (χ2v) is 5.40. The van der Waals surface area contributed by atoms with E-state index >= 15 is 0 Å². The van der Waals surface area contributed by atoms with Crippen LogP contribution in [0.3, 0.4) is 0 Å². The average molecular weight is 285 g/mol. The molecule has 0 saturated heterocycles. The summed E-state index contributed by atoms with van der Waals surface area (Å²) >= 11 is 0. The molecular formula is C18H23NO2. The number of aryl methyl sites for hydroxylation is 1. The van der Waals surface area contributed by atoms with Gasteiger partial charge < -0.3 is 15.2 Å². The zero-order chi connectivity index (χ0) is 15.1. The van der Waals surface area contributed by atoms with Crippen LogP contribution in [-0.4, -0.2) is 17.8 Å². The molecule has 0 spiro atoms. The summed E-state index contributed by atoms with van der Waals surface area (Å²) < 4.78 is 5.82. The minimum absolute atomic E-state index is 0.328. The molecule has 2 aromatic carbocycles. The monoisotopic (exact) mass is 285 g/mol. The molecule has 2 rings (SSSR count). The Bertz CT molecular complexity index is 549. The highest BCUT2D eigenvalue weighted by atomic mass is 16.5. The molecule has 0 unspecified atom stereocenters. The van der Waals surface area contributed by atoms with Gasteiger partial charge in [-0.25, -0.2) is 0 Å². The third kappa shape index (κ3) is 5.58. The van der Waals surface area contributed by atoms with Crippen LogP contribution >= 0.6 is 0 Å². The lowest BCUT2D eigenvalue weighted by Crippen LogP contribution is -2.23.